The highest BCUT2D eigenvalue weighted by Gasteiger charge is 2.18. The highest BCUT2D eigenvalue weighted by Crippen LogP contribution is 2.19. The highest BCUT2D eigenvalue weighted by molar-refractivity contribution is 5.99. The summed E-state index contributed by atoms with van der Waals surface area (Å²) in [6.07, 6.45) is 1.75. The van der Waals surface area contributed by atoms with Gasteiger partial charge >= 0.3 is 0 Å². The Labute approximate surface area is 125 Å². The molecule has 0 saturated heterocycles. The van der Waals surface area contributed by atoms with E-state index in [-0.39, 0.29) is 5.91 Å². The average molecular weight is 283 g/mol. The molecule has 0 unspecified atom stereocenters. The molecule has 1 N–H and O–H groups in total. The number of anilines is 1. The van der Waals surface area contributed by atoms with Gasteiger partial charge in [-0.25, -0.2) is 0 Å². The molecule has 2 rings (SSSR count). The van der Waals surface area contributed by atoms with E-state index in [4.69, 9.17) is 0 Å². The van der Waals surface area contributed by atoms with Gasteiger partial charge in [0.05, 0.1) is 17.8 Å². The molecule has 1 aromatic carbocycles. The first-order valence-electron chi connectivity index (χ1n) is 7.13. The smallest absolute Gasteiger partial charge is 0.256 e. The van der Waals surface area contributed by atoms with E-state index < -0.39 is 0 Å². The summed E-state index contributed by atoms with van der Waals surface area (Å²) in [4.78, 5) is 18.9. The monoisotopic (exact) mass is 283 g/mol. The van der Waals surface area contributed by atoms with Gasteiger partial charge in [0.15, 0.2) is 0 Å². The third-order valence-electron chi connectivity index (χ3n) is 3.42. The standard InChI is InChI=1S/C17H21N3O/c1-4-20(12-14-7-5-6-10-19-14)17(21)15-11-13(2)8-9-16(15)18-3/h5-11,18H,4,12H2,1-3H3. The van der Waals surface area contributed by atoms with E-state index in [1.807, 2.05) is 57.3 Å². The summed E-state index contributed by atoms with van der Waals surface area (Å²) in [5.74, 6) is 0.0243. The maximum Gasteiger partial charge on any atom is 0.256 e. The van der Waals surface area contributed by atoms with E-state index >= 15 is 0 Å². The van der Waals surface area contributed by atoms with Gasteiger partial charge in [0.2, 0.25) is 0 Å². The van der Waals surface area contributed by atoms with Gasteiger partial charge in [-0.05, 0) is 38.1 Å². The molecule has 0 fully saturated rings. The Kier molecular flexibility index (Phi) is 4.93. The van der Waals surface area contributed by atoms with Crippen LogP contribution in [0.4, 0.5) is 5.69 Å². The maximum absolute atomic E-state index is 12.8. The van der Waals surface area contributed by atoms with E-state index in [0.717, 1.165) is 16.9 Å². The van der Waals surface area contributed by atoms with Crippen molar-refractivity contribution in [3.05, 3.63) is 59.4 Å². The number of nitrogens with one attached hydrogen (secondary N) is 1. The van der Waals surface area contributed by atoms with E-state index in [2.05, 4.69) is 10.3 Å². The van der Waals surface area contributed by atoms with Gasteiger partial charge in [-0.3, -0.25) is 9.78 Å². The predicted octanol–water partition coefficient (Wildman–Crippen LogP) is 3.09. The first-order chi connectivity index (χ1) is 10.2. The summed E-state index contributed by atoms with van der Waals surface area (Å²) in [6.45, 7) is 5.14. The van der Waals surface area contributed by atoms with Crippen LogP contribution in [-0.2, 0) is 6.54 Å². The second kappa shape index (κ2) is 6.88. The quantitative estimate of drug-likeness (QED) is 0.917. The third-order valence-corrected chi connectivity index (χ3v) is 3.42. The van der Waals surface area contributed by atoms with E-state index in [1.165, 1.54) is 0 Å². The highest BCUT2D eigenvalue weighted by atomic mass is 16.2. The number of nitrogens with zero attached hydrogens (tertiary/aromatic N) is 2. The van der Waals surface area contributed by atoms with Gasteiger partial charge < -0.3 is 10.2 Å². The fourth-order valence-electron chi connectivity index (χ4n) is 2.24. The fourth-order valence-corrected chi connectivity index (χ4v) is 2.24. The molecule has 4 heteroatoms. The first-order valence-corrected chi connectivity index (χ1v) is 7.13. The summed E-state index contributed by atoms with van der Waals surface area (Å²) in [7, 11) is 1.83. The van der Waals surface area contributed by atoms with Crippen LogP contribution in [0, 0.1) is 6.92 Å². The summed E-state index contributed by atoms with van der Waals surface area (Å²) in [5, 5.41) is 3.08. The summed E-state index contributed by atoms with van der Waals surface area (Å²) in [5.41, 5.74) is 3.53. The maximum atomic E-state index is 12.8. The summed E-state index contributed by atoms with van der Waals surface area (Å²) in [6, 6.07) is 11.6. The molecule has 0 saturated carbocycles. The van der Waals surface area contributed by atoms with Crippen LogP contribution < -0.4 is 5.32 Å². The molecule has 1 amide bonds. The molecule has 110 valence electrons. The lowest BCUT2D eigenvalue weighted by molar-refractivity contribution is 0.0751. The van der Waals surface area contributed by atoms with Crippen LogP contribution in [0.5, 0.6) is 0 Å². The summed E-state index contributed by atoms with van der Waals surface area (Å²) >= 11 is 0. The number of benzene rings is 1. The Balaban J connectivity index is 2.26. The van der Waals surface area contributed by atoms with Gasteiger partial charge in [0, 0.05) is 25.5 Å². The van der Waals surface area contributed by atoms with Gasteiger partial charge in [-0.15, -0.1) is 0 Å². The minimum absolute atomic E-state index is 0.0243. The number of pyridine rings is 1. The van der Waals surface area contributed by atoms with Gasteiger partial charge in [0.1, 0.15) is 0 Å². The zero-order chi connectivity index (χ0) is 15.2. The van der Waals surface area contributed by atoms with Crippen molar-refractivity contribution >= 4 is 11.6 Å². The van der Waals surface area contributed by atoms with Crippen molar-refractivity contribution in [3.8, 4) is 0 Å². The average Bonchev–Trinajstić information content (AvgIpc) is 2.53. The Morgan fingerprint density at radius 3 is 2.71 bits per heavy atom. The van der Waals surface area contributed by atoms with Gasteiger partial charge in [-0.2, -0.15) is 0 Å². The minimum atomic E-state index is 0.0243. The van der Waals surface area contributed by atoms with Gasteiger partial charge in [0.25, 0.3) is 5.91 Å². The lowest BCUT2D eigenvalue weighted by Gasteiger charge is -2.22. The first kappa shape index (κ1) is 15.0. The van der Waals surface area contributed by atoms with Crippen molar-refractivity contribution < 1.29 is 4.79 Å². The molecule has 21 heavy (non-hydrogen) atoms. The minimum Gasteiger partial charge on any atom is -0.387 e. The molecular weight excluding hydrogens is 262 g/mol. The van der Waals surface area contributed by atoms with E-state index in [9.17, 15) is 4.79 Å². The van der Waals surface area contributed by atoms with Crippen LogP contribution >= 0.6 is 0 Å². The molecule has 0 radical (unpaired) electrons. The number of aryl methyl sites for hydroxylation is 1. The number of carbonyl (C=O) groups is 1. The molecule has 0 atom stereocenters. The second-order valence-corrected chi connectivity index (χ2v) is 4.94. The van der Waals surface area contributed by atoms with Crippen LogP contribution in [0.15, 0.2) is 42.6 Å². The SMILES string of the molecule is CCN(Cc1ccccn1)C(=O)c1cc(C)ccc1NC. The Morgan fingerprint density at radius 2 is 2.10 bits per heavy atom. The van der Waals surface area contributed by atoms with Crippen LogP contribution in [0.25, 0.3) is 0 Å². The molecule has 4 nitrogen and oxygen atoms in total. The topological polar surface area (TPSA) is 45.2 Å². The second-order valence-electron chi connectivity index (χ2n) is 4.94. The number of amides is 1. The van der Waals surface area contributed by atoms with Crippen molar-refractivity contribution in [2.24, 2.45) is 0 Å². The Morgan fingerprint density at radius 1 is 1.29 bits per heavy atom. The lowest BCUT2D eigenvalue weighted by atomic mass is 10.1. The molecule has 1 aromatic heterocycles. The van der Waals surface area contributed by atoms with Crippen LogP contribution in [0.3, 0.4) is 0 Å². The van der Waals surface area contributed by atoms with Crippen molar-refractivity contribution in [1.29, 1.82) is 0 Å². The van der Waals surface area contributed by atoms with Crippen LogP contribution in [0.1, 0.15) is 28.5 Å². The van der Waals surface area contributed by atoms with Crippen LogP contribution in [0.2, 0.25) is 0 Å². The predicted molar refractivity (Wildman–Crippen MR) is 85.4 cm³/mol. The third kappa shape index (κ3) is 3.60. The largest absolute Gasteiger partial charge is 0.387 e. The normalized spacial score (nSPS) is 10.2. The summed E-state index contributed by atoms with van der Waals surface area (Å²) < 4.78 is 0. The molecule has 0 bridgehead atoms. The number of hydrogen-bond donors (Lipinski definition) is 1. The number of hydrogen-bond acceptors (Lipinski definition) is 3. The van der Waals surface area contributed by atoms with Crippen molar-refractivity contribution in [3.63, 3.8) is 0 Å². The molecule has 0 aliphatic rings. The molecule has 1 heterocycles. The molecule has 0 aliphatic heterocycles. The fraction of sp³-hybridized carbons (Fsp3) is 0.294. The lowest BCUT2D eigenvalue weighted by Crippen LogP contribution is -2.31. The molecule has 0 spiro atoms. The Bertz CT molecular complexity index is 611. The van der Waals surface area contributed by atoms with E-state index in [1.54, 1.807) is 11.1 Å². The van der Waals surface area contributed by atoms with Crippen LogP contribution in [-0.4, -0.2) is 29.4 Å². The molecule has 0 aliphatic carbocycles. The zero-order valence-electron chi connectivity index (χ0n) is 12.8. The van der Waals surface area contributed by atoms with Crippen molar-refractivity contribution in [1.82, 2.24) is 9.88 Å². The van der Waals surface area contributed by atoms with E-state index in [0.29, 0.717) is 18.7 Å². The van der Waals surface area contributed by atoms with Crippen molar-refractivity contribution in [2.75, 3.05) is 18.9 Å². The number of carbonyl (C=O) groups excluding carboxylic acids is 1. The molecule has 2 aromatic rings. The number of aromatic nitrogens is 1. The van der Waals surface area contributed by atoms with Gasteiger partial charge in [-0.1, -0.05) is 17.7 Å². The zero-order valence-corrected chi connectivity index (χ0v) is 12.8. The molecular formula is C17H21N3O. The van der Waals surface area contributed by atoms with Crippen molar-refractivity contribution in [2.45, 2.75) is 20.4 Å². The number of rotatable bonds is 5. The Hall–Kier alpha value is -2.36.